The molecule has 0 atom stereocenters. The highest BCUT2D eigenvalue weighted by Gasteiger charge is 2.39. The van der Waals surface area contributed by atoms with E-state index in [4.69, 9.17) is 4.57 Å². The number of benzene rings is 4. The van der Waals surface area contributed by atoms with E-state index in [1.54, 1.807) is 0 Å². The van der Waals surface area contributed by atoms with E-state index in [1.165, 1.54) is 66.0 Å². The van der Waals surface area contributed by atoms with Crippen LogP contribution in [0.15, 0.2) is 60.7 Å². The SMILES string of the molecule is Cc1cc(C)c(B2OB(c3c(C)cc(C)cc3C)c3cccc4cccc2c34)c(C)c1. The average Bonchev–Trinajstić information content (AvgIpc) is 2.69. The van der Waals surface area contributed by atoms with Gasteiger partial charge < -0.3 is 4.57 Å². The van der Waals surface area contributed by atoms with Gasteiger partial charge in [-0.05, 0) is 74.2 Å². The predicted molar refractivity (Wildman–Crippen MR) is 136 cm³/mol. The molecule has 4 aromatic carbocycles. The van der Waals surface area contributed by atoms with Gasteiger partial charge in [0.2, 0.25) is 0 Å². The van der Waals surface area contributed by atoms with Gasteiger partial charge in [-0.3, -0.25) is 0 Å². The smallest absolute Gasteiger partial charge is 0.348 e. The summed E-state index contributed by atoms with van der Waals surface area (Å²) in [6, 6.07) is 22.4. The van der Waals surface area contributed by atoms with Crippen LogP contribution < -0.4 is 21.9 Å². The maximum absolute atomic E-state index is 7.08. The monoisotopic (exact) mass is 402 g/mol. The second kappa shape index (κ2) is 7.43. The fraction of sp³-hybridized carbons (Fsp3) is 0.214. The zero-order chi connectivity index (χ0) is 21.9. The molecule has 31 heavy (non-hydrogen) atoms. The molecule has 0 aliphatic carbocycles. The maximum atomic E-state index is 7.08. The Morgan fingerprint density at radius 1 is 0.548 bits per heavy atom. The van der Waals surface area contributed by atoms with E-state index >= 15 is 0 Å². The van der Waals surface area contributed by atoms with Crippen molar-refractivity contribution in [1.29, 1.82) is 0 Å². The molecule has 0 amide bonds. The summed E-state index contributed by atoms with van der Waals surface area (Å²) in [5.41, 5.74) is 13.0. The van der Waals surface area contributed by atoms with E-state index in [9.17, 15) is 0 Å². The molecule has 152 valence electrons. The van der Waals surface area contributed by atoms with Gasteiger partial charge in [0, 0.05) is 0 Å². The summed E-state index contributed by atoms with van der Waals surface area (Å²) in [6.45, 7) is 13.1. The second-order valence-electron chi connectivity index (χ2n) is 9.31. The number of rotatable bonds is 2. The Hall–Kier alpha value is -2.77. The van der Waals surface area contributed by atoms with E-state index in [2.05, 4.69) is 102 Å². The quantitative estimate of drug-likeness (QED) is 0.462. The highest BCUT2D eigenvalue weighted by atomic mass is 16.4. The van der Waals surface area contributed by atoms with Gasteiger partial charge in [-0.25, -0.2) is 0 Å². The minimum atomic E-state index is -0.0793. The van der Waals surface area contributed by atoms with Gasteiger partial charge >= 0.3 is 13.8 Å². The zero-order valence-corrected chi connectivity index (χ0v) is 19.3. The molecular weight excluding hydrogens is 374 g/mol. The molecule has 3 heteroatoms. The van der Waals surface area contributed by atoms with Crippen LogP contribution in [0.1, 0.15) is 33.4 Å². The third-order valence-corrected chi connectivity index (χ3v) is 6.81. The fourth-order valence-corrected chi connectivity index (χ4v) is 5.78. The lowest BCUT2D eigenvalue weighted by Gasteiger charge is -2.32. The molecule has 0 saturated carbocycles. The van der Waals surface area contributed by atoms with Gasteiger partial charge in [-0.2, -0.15) is 0 Å². The number of hydrogen-bond acceptors (Lipinski definition) is 1. The van der Waals surface area contributed by atoms with Gasteiger partial charge in [-0.1, -0.05) is 94.0 Å². The van der Waals surface area contributed by atoms with E-state index in [0.717, 1.165) is 0 Å². The van der Waals surface area contributed by atoms with Gasteiger partial charge in [0.25, 0.3) is 0 Å². The lowest BCUT2D eigenvalue weighted by atomic mass is 9.40. The summed E-state index contributed by atoms with van der Waals surface area (Å²) >= 11 is 0. The van der Waals surface area contributed by atoms with E-state index < -0.39 is 0 Å². The third-order valence-electron chi connectivity index (χ3n) is 6.81. The minimum absolute atomic E-state index is 0.0793. The van der Waals surface area contributed by atoms with Gasteiger partial charge in [0.15, 0.2) is 0 Å². The molecule has 0 bridgehead atoms. The standard InChI is InChI=1S/C28H28B2O/c1-17-13-19(3)27(20(4)14-17)29-24-11-7-9-23-10-8-12-25(26(23)24)30(31-29)28-21(5)15-18(2)16-22(28)6/h7-16H,1-6H3. The lowest BCUT2D eigenvalue weighted by Crippen LogP contribution is -2.62. The fourth-order valence-electron chi connectivity index (χ4n) is 5.78. The van der Waals surface area contributed by atoms with Crippen LogP contribution in [0.5, 0.6) is 0 Å². The van der Waals surface area contributed by atoms with E-state index in [-0.39, 0.29) is 13.8 Å². The molecule has 0 radical (unpaired) electrons. The molecule has 1 nitrogen and oxygen atoms in total. The van der Waals surface area contributed by atoms with Crippen molar-refractivity contribution >= 4 is 46.5 Å². The molecule has 1 aliphatic rings. The molecule has 5 rings (SSSR count). The third kappa shape index (κ3) is 3.23. The first-order chi connectivity index (χ1) is 14.8. The molecular formula is C28H28B2O. The average molecular weight is 402 g/mol. The Morgan fingerprint density at radius 2 is 0.935 bits per heavy atom. The summed E-state index contributed by atoms with van der Waals surface area (Å²) in [4.78, 5) is 0. The van der Waals surface area contributed by atoms with Crippen molar-refractivity contribution in [3.63, 3.8) is 0 Å². The molecule has 0 aromatic heterocycles. The normalized spacial score (nSPS) is 13.2. The van der Waals surface area contributed by atoms with Gasteiger partial charge in [0.1, 0.15) is 0 Å². The number of hydrogen-bond donors (Lipinski definition) is 0. The van der Waals surface area contributed by atoms with Crippen LogP contribution in [0.4, 0.5) is 0 Å². The molecule has 0 unspecified atom stereocenters. The van der Waals surface area contributed by atoms with Crippen LogP contribution in [0.3, 0.4) is 0 Å². The maximum Gasteiger partial charge on any atom is 0.348 e. The molecule has 1 aliphatic heterocycles. The van der Waals surface area contributed by atoms with Crippen molar-refractivity contribution in [2.45, 2.75) is 41.5 Å². The highest BCUT2D eigenvalue weighted by Crippen LogP contribution is 2.20. The number of aryl methyl sites for hydroxylation is 6. The van der Waals surface area contributed by atoms with E-state index in [1.807, 2.05) is 0 Å². The van der Waals surface area contributed by atoms with Crippen LogP contribution >= 0.6 is 0 Å². The summed E-state index contributed by atoms with van der Waals surface area (Å²) in [5.74, 6) is 0. The molecule has 0 spiro atoms. The topological polar surface area (TPSA) is 9.23 Å². The van der Waals surface area contributed by atoms with Crippen LogP contribution in [-0.4, -0.2) is 13.8 Å². The Labute approximate surface area is 186 Å². The predicted octanol–water partition coefficient (Wildman–Crippen LogP) is 3.93. The molecule has 0 N–H and O–H groups in total. The zero-order valence-electron chi connectivity index (χ0n) is 19.3. The Balaban J connectivity index is 1.82. The Morgan fingerprint density at radius 3 is 1.32 bits per heavy atom. The molecule has 0 saturated heterocycles. The first kappa shape index (κ1) is 20.2. The van der Waals surface area contributed by atoms with Gasteiger partial charge in [-0.15, -0.1) is 0 Å². The van der Waals surface area contributed by atoms with Crippen LogP contribution in [-0.2, 0) is 4.57 Å². The molecule has 4 aromatic rings. The molecule has 1 heterocycles. The highest BCUT2D eigenvalue weighted by molar-refractivity contribution is 6.97. The van der Waals surface area contributed by atoms with Crippen molar-refractivity contribution < 1.29 is 4.57 Å². The largest absolute Gasteiger partial charge is 0.484 e. The summed E-state index contributed by atoms with van der Waals surface area (Å²) in [6.07, 6.45) is 0. The first-order valence-corrected chi connectivity index (χ1v) is 11.2. The summed E-state index contributed by atoms with van der Waals surface area (Å²) in [7, 11) is 0. The van der Waals surface area contributed by atoms with Crippen molar-refractivity contribution in [3.05, 3.63) is 94.0 Å². The summed E-state index contributed by atoms with van der Waals surface area (Å²) < 4.78 is 7.08. The minimum Gasteiger partial charge on any atom is -0.484 e. The van der Waals surface area contributed by atoms with Crippen molar-refractivity contribution in [3.8, 4) is 0 Å². The Bertz CT molecular complexity index is 1190. The van der Waals surface area contributed by atoms with Crippen molar-refractivity contribution in [1.82, 2.24) is 0 Å². The first-order valence-electron chi connectivity index (χ1n) is 11.2. The van der Waals surface area contributed by atoms with Crippen molar-refractivity contribution in [2.24, 2.45) is 0 Å². The van der Waals surface area contributed by atoms with Gasteiger partial charge in [0.05, 0.1) is 0 Å². The van der Waals surface area contributed by atoms with Crippen molar-refractivity contribution in [2.75, 3.05) is 0 Å². The van der Waals surface area contributed by atoms with Crippen LogP contribution in [0, 0.1) is 41.5 Å². The summed E-state index contributed by atoms with van der Waals surface area (Å²) in [5, 5.41) is 2.64. The van der Waals surface area contributed by atoms with Crippen LogP contribution in [0.25, 0.3) is 10.8 Å². The second-order valence-corrected chi connectivity index (χ2v) is 9.31. The van der Waals surface area contributed by atoms with E-state index in [0.29, 0.717) is 0 Å². The van der Waals surface area contributed by atoms with Crippen LogP contribution in [0.2, 0.25) is 0 Å². The Kier molecular flexibility index (Phi) is 4.83. The molecule has 0 fully saturated rings. The lowest BCUT2D eigenvalue weighted by molar-refractivity contribution is 0.631.